The third-order valence-corrected chi connectivity index (χ3v) is 5.96. The minimum atomic E-state index is -0.249. The molecule has 1 aliphatic carbocycles. The fourth-order valence-corrected chi connectivity index (χ4v) is 4.18. The minimum Gasteiger partial charge on any atom is -0.497 e. The number of fused-ring (bicyclic) bond motifs is 1. The van der Waals surface area contributed by atoms with E-state index in [1.54, 1.807) is 31.4 Å². The number of nitrogens with zero attached hydrogens (tertiary/aromatic N) is 1. The molecule has 2 heterocycles. The number of carbonyl (C=O) groups is 3. The normalized spacial score (nSPS) is 26.4. The molecule has 0 bridgehead atoms. The lowest BCUT2D eigenvalue weighted by Gasteiger charge is -2.37. The minimum absolute atomic E-state index is 0.00452. The van der Waals surface area contributed by atoms with Crippen LogP contribution in [0.1, 0.15) is 42.5 Å². The van der Waals surface area contributed by atoms with Gasteiger partial charge >= 0.3 is 0 Å². The first-order valence-electron chi connectivity index (χ1n) is 10.3. The Morgan fingerprint density at radius 1 is 1.17 bits per heavy atom. The summed E-state index contributed by atoms with van der Waals surface area (Å²) in [5.41, 5.74) is 0.563. The van der Waals surface area contributed by atoms with Crippen molar-refractivity contribution in [3.05, 3.63) is 29.8 Å². The van der Waals surface area contributed by atoms with Crippen LogP contribution < -0.4 is 20.7 Å². The van der Waals surface area contributed by atoms with Crippen LogP contribution in [-0.4, -0.2) is 67.0 Å². The lowest BCUT2D eigenvalue weighted by Crippen LogP contribution is -2.58. The van der Waals surface area contributed by atoms with Gasteiger partial charge in [-0.1, -0.05) is 0 Å². The monoisotopic (exact) mass is 400 g/mol. The lowest BCUT2D eigenvalue weighted by molar-refractivity contribution is -0.129. The van der Waals surface area contributed by atoms with Gasteiger partial charge in [0.1, 0.15) is 5.75 Å². The van der Waals surface area contributed by atoms with Crippen molar-refractivity contribution in [2.75, 3.05) is 20.2 Å². The van der Waals surface area contributed by atoms with Crippen molar-refractivity contribution in [3.63, 3.8) is 0 Å². The summed E-state index contributed by atoms with van der Waals surface area (Å²) in [6.45, 7) is 1.17. The standard InChI is InChI=1S/C21H28N4O4/c1-29-17-7-2-13(3-8-17)20(27)24-15-10-18-21(28)22-11-16(25(18)12-15)6-9-19(26)23-14-4-5-14/h2-3,7-8,14-16,18H,4-6,9-12H2,1H3,(H,22,28)(H,23,26)(H,24,27)/t15-,16+,18-/m0/s1. The number of rotatable bonds is 7. The van der Waals surface area contributed by atoms with Gasteiger partial charge in [-0.2, -0.15) is 0 Å². The van der Waals surface area contributed by atoms with Crippen LogP contribution in [0, 0.1) is 0 Å². The molecule has 1 saturated carbocycles. The Morgan fingerprint density at radius 2 is 1.93 bits per heavy atom. The molecule has 3 atom stereocenters. The summed E-state index contributed by atoms with van der Waals surface area (Å²) in [6, 6.07) is 7.10. The van der Waals surface area contributed by atoms with Crippen LogP contribution in [0.25, 0.3) is 0 Å². The van der Waals surface area contributed by atoms with E-state index in [0.29, 0.717) is 49.7 Å². The van der Waals surface area contributed by atoms with Crippen molar-refractivity contribution < 1.29 is 19.1 Å². The molecule has 1 aromatic carbocycles. The molecule has 29 heavy (non-hydrogen) atoms. The lowest BCUT2D eigenvalue weighted by atomic mass is 10.0. The third-order valence-electron chi connectivity index (χ3n) is 5.96. The maximum absolute atomic E-state index is 12.6. The second-order valence-electron chi connectivity index (χ2n) is 8.13. The van der Waals surface area contributed by atoms with E-state index in [9.17, 15) is 14.4 Å². The molecule has 0 aromatic heterocycles. The number of piperazine rings is 1. The van der Waals surface area contributed by atoms with E-state index >= 15 is 0 Å². The van der Waals surface area contributed by atoms with Gasteiger partial charge in [0.25, 0.3) is 5.91 Å². The number of carbonyl (C=O) groups excluding carboxylic acids is 3. The fourth-order valence-electron chi connectivity index (χ4n) is 4.18. The summed E-state index contributed by atoms with van der Waals surface area (Å²) in [5.74, 6) is 0.637. The van der Waals surface area contributed by atoms with Crippen LogP contribution in [0.3, 0.4) is 0 Å². The van der Waals surface area contributed by atoms with E-state index in [1.807, 2.05) is 0 Å². The van der Waals surface area contributed by atoms with E-state index in [4.69, 9.17) is 4.74 Å². The topological polar surface area (TPSA) is 99.8 Å². The van der Waals surface area contributed by atoms with Crippen LogP contribution in [-0.2, 0) is 9.59 Å². The van der Waals surface area contributed by atoms with Crippen LogP contribution in [0.4, 0.5) is 0 Å². The predicted molar refractivity (Wildman–Crippen MR) is 107 cm³/mol. The molecular weight excluding hydrogens is 372 g/mol. The molecule has 3 aliphatic rings. The first kappa shape index (κ1) is 19.7. The molecule has 8 heteroatoms. The molecule has 0 spiro atoms. The van der Waals surface area contributed by atoms with Gasteiger partial charge in [-0.25, -0.2) is 0 Å². The second kappa shape index (κ2) is 8.41. The molecule has 4 rings (SSSR count). The number of benzene rings is 1. The van der Waals surface area contributed by atoms with Crippen molar-refractivity contribution in [1.29, 1.82) is 0 Å². The molecule has 2 aliphatic heterocycles. The molecule has 3 N–H and O–H groups in total. The molecule has 3 fully saturated rings. The Bertz CT molecular complexity index is 777. The molecule has 8 nitrogen and oxygen atoms in total. The highest BCUT2D eigenvalue weighted by molar-refractivity contribution is 5.94. The number of ether oxygens (including phenoxy) is 1. The summed E-state index contributed by atoms with van der Waals surface area (Å²) in [5, 5.41) is 9.02. The van der Waals surface area contributed by atoms with Gasteiger partial charge in [0, 0.05) is 43.2 Å². The quantitative estimate of drug-likeness (QED) is 0.616. The van der Waals surface area contributed by atoms with E-state index < -0.39 is 0 Å². The molecule has 156 valence electrons. The highest BCUT2D eigenvalue weighted by Gasteiger charge is 2.43. The molecule has 0 radical (unpaired) electrons. The van der Waals surface area contributed by atoms with Crippen LogP contribution in [0.2, 0.25) is 0 Å². The maximum atomic E-state index is 12.6. The number of hydrogen-bond acceptors (Lipinski definition) is 5. The zero-order valence-electron chi connectivity index (χ0n) is 16.6. The molecule has 1 aromatic rings. The van der Waals surface area contributed by atoms with Gasteiger partial charge in [-0.05, 0) is 49.9 Å². The summed E-state index contributed by atoms with van der Waals surface area (Å²) in [7, 11) is 1.58. The second-order valence-corrected chi connectivity index (χ2v) is 8.13. The Hall–Kier alpha value is -2.61. The Kier molecular flexibility index (Phi) is 5.71. The van der Waals surface area contributed by atoms with Crippen molar-refractivity contribution in [2.24, 2.45) is 0 Å². The fraction of sp³-hybridized carbons (Fsp3) is 0.571. The SMILES string of the molecule is COc1ccc(C(=O)N[C@H]2C[C@H]3C(=O)NC[C@@H](CCC(=O)NC4CC4)N3C2)cc1. The Labute approximate surface area is 170 Å². The van der Waals surface area contributed by atoms with Crippen molar-refractivity contribution >= 4 is 17.7 Å². The third kappa shape index (κ3) is 4.70. The Balaban J connectivity index is 1.33. The summed E-state index contributed by atoms with van der Waals surface area (Å²) in [6.07, 6.45) is 3.90. The van der Waals surface area contributed by atoms with Gasteiger partial charge in [0.15, 0.2) is 0 Å². The van der Waals surface area contributed by atoms with Gasteiger partial charge in [0.05, 0.1) is 13.2 Å². The largest absolute Gasteiger partial charge is 0.497 e. The van der Waals surface area contributed by atoms with Gasteiger partial charge in [-0.3, -0.25) is 19.3 Å². The van der Waals surface area contributed by atoms with Crippen LogP contribution in [0.5, 0.6) is 5.75 Å². The zero-order chi connectivity index (χ0) is 20.4. The van der Waals surface area contributed by atoms with Gasteiger partial charge < -0.3 is 20.7 Å². The highest BCUT2D eigenvalue weighted by Crippen LogP contribution is 2.26. The number of hydrogen-bond donors (Lipinski definition) is 3. The average Bonchev–Trinajstić information content (AvgIpc) is 3.43. The number of nitrogens with one attached hydrogen (secondary N) is 3. The molecule has 2 saturated heterocycles. The van der Waals surface area contributed by atoms with Crippen LogP contribution in [0.15, 0.2) is 24.3 Å². The number of methoxy groups -OCH3 is 1. The van der Waals surface area contributed by atoms with Gasteiger partial charge in [0.2, 0.25) is 11.8 Å². The first-order valence-corrected chi connectivity index (χ1v) is 10.3. The Morgan fingerprint density at radius 3 is 2.62 bits per heavy atom. The van der Waals surface area contributed by atoms with Gasteiger partial charge in [-0.15, -0.1) is 0 Å². The van der Waals surface area contributed by atoms with E-state index in [1.165, 1.54) is 0 Å². The highest BCUT2D eigenvalue weighted by atomic mass is 16.5. The van der Waals surface area contributed by atoms with Crippen molar-refractivity contribution in [1.82, 2.24) is 20.9 Å². The zero-order valence-corrected chi connectivity index (χ0v) is 16.6. The predicted octanol–water partition coefficient (Wildman–Crippen LogP) is 0.425. The van der Waals surface area contributed by atoms with Crippen molar-refractivity contribution in [2.45, 2.75) is 56.3 Å². The molecule has 3 amide bonds. The van der Waals surface area contributed by atoms with Crippen LogP contribution >= 0.6 is 0 Å². The maximum Gasteiger partial charge on any atom is 0.251 e. The molecule has 0 unspecified atom stereocenters. The van der Waals surface area contributed by atoms with E-state index in [0.717, 1.165) is 12.8 Å². The van der Waals surface area contributed by atoms with E-state index in [-0.39, 0.29) is 35.8 Å². The first-order chi connectivity index (χ1) is 14.0. The average molecular weight is 400 g/mol. The summed E-state index contributed by atoms with van der Waals surface area (Å²) in [4.78, 5) is 39.1. The smallest absolute Gasteiger partial charge is 0.251 e. The van der Waals surface area contributed by atoms with E-state index in [2.05, 4.69) is 20.9 Å². The number of amides is 3. The summed E-state index contributed by atoms with van der Waals surface area (Å²) >= 11 is 0. The summed E-state index contributed by atoms with van der Waals surface area (Å²) < 4.78 is 5.12. The molecular formula is C21H28N4O4. The van der Waals surface area contributed by atoms with Crippen molar-refractivity contribution in [3.8, 4) is 5.75 Å².